The predicted molar refractivity (Wildman–Crippen MR) is 106 cm³/mol. The second-order valence-corrected chi connectivity index (χ2v) is 6.16. The Morgan fingerprint density at radius 1 is 1.19 bits per heavy atom. The number of carbonyl (C=O) groups excluding carboxylic acids is 1. The van der Waals surface area contributed by atoms with Gasteiger partial charge in [-0.1, -0.05) is 0 Å². The largest absolute Gasteiger partial charge is 0.504 e. The number of benzene rings is 2. The average molecular weight is 366 g/mol. The van der Waals surface area contributed by atoms with Crippen molar-refractivity contribution >= 4 is 22.5 Å². The zero-order valence-electron chi connectivity index (χ0n) is 15.8. The molecule has 140 valence electrons. The van der Waals surface area contributed by atoms with Crippen LogP contribution in [0.15, 0.2) is 36.4 Å². The molecule has 3 aromatic rings. The Balaban J connectivity index is 2.22. The topological polar surface area (TPSA) is 80.7 Å². The minimum atomic E-state index is -0.148. The molecule has 0 radical (unpaired) electrons. The fraction of sp³-hybridized carbons (Fsp3) is 0.238. The van der Waals surface area contributed by atoms with E-state index in [0.717, 1.165) is 22.2 Å². The predicted octanol–water partition coefficient (Wildman–Crippen LogP) is 4.28. The third-order valence-electron chi connectivity index (χ3n) is 4.21. The summed E-state index contributed by atoms with van der Waals surface area (Å²) < 4.78 is 10.9. The van der Waals surface area contributed by atoms with Gasteiger partial charge in [-0.05, 0) is 55.8 Å². The van der Waals surface area contributed by atoms with E-state index >= 15 is 0 Å². The number of nitrogens with zero attached hydrogens (tertiary/aromatic N) is 1. The number of fused-ring (bicyclic) bond motifs is 1. The number of amides is 1. The molecule has 0 aliphatic heterocycles. The molecule has 6 nitrogen and oxygen atoms in total. The van der Waals surface area contributed by atoms with E-state index in [1.54, 1.807) is 31.4 Å². The minimum Gasteiger partial charge on any atom is -0.504 e. The molecule has 0 aliphatic rings. The maximum atomic E-state index is 11.5. The van der Waals surface area contributed by atoms with Crippen molar-refractivity contribution in [3.05, 3.63) is 42.0 Å². The molecule has 1 amide bonds. The molecule has 0 saturated carbocycles. The van der Waals surface area contributed by atoms with Crippen LogP contribution in [0, 0.1) is 6.92 Å². The first-order valence-corrected chi connectivity index (χ1v) is 8.66. The van der Waals surface area contributed by atoms with Gasteiger partial charge in [-0.3, -0.25) is 4.79 Å². The highest BCUT2D eigenvalue weighted by Gasteiger charge is 2.15. The molecule has 0 fully saturated rings. The van der Waals surface area contributed by atoms with Crippen molar-refractivity contribution in [1.82, 2.24) is 4.98 Å². The molecule has 6 heteroatoms. The quantitative estimate of drug-likeness (QED) is 0.704. The number of anilines is 1. The van der Waals surface area contributed by atoms with E-state index < -0.39 is 0 Å². The molecule has 0 spiro atoms. The maximum Gasteiger partial charge on any atom is 0.221 e. The summed E-state index contributed by atoms with van der Waals surface area (Å²) in [5.74, 6) is 0.967. The second-order valence-electron chi connectivity index (χ2n) is 6.16. The van der Waals surface area contributed by atoms with Crippen LogP contribution in [-0.2, 0) is 4.79 Å². The highest BCUT2D eigenvalue weighted by molar-refractivity contribution is 6.04. The minimum absolute atomic E-state index is 0.0867. The number of phenolic OH excluding ortho intramolecular Hbond substituents is 1. The van der Waals surface area contributed by atoms with E-state index in [4.69, 9.17) is 14.5 Å². The highest BCUT2D eigenvalue weighted by atomic mass is 16.5. The number of hydrogen-bond donors (Lipinski definition) is 2. The molecule has 2 N–H and O–H groups in total. The van der Waals surface area contributed by atoms with Gasteiger partial charge in [0.15, 0.2) is 11.5 Å². The van der Waals surface area contributed by atoms with Crippen LogP contribution < -0.4 is 14.8 Å². The number of methoxy groups -OCH3 is 1. The molecular formula is C21H22N2O4. The first kappa shape index (κ1) is 18.5. The van der Waals surface area contributed by atoms with Crippen LogP contribution in [0.25, 0.3) is 22.2 Å². The van der Waals surface area contributed by atoms with Crippen molar-refractivity contribution in [1.29, 1.82) is 0 Å². The molecular weight excluding hydrogens is 344 g/mol. The number of rotatable bonds is 5. The smallest absolute Gasteiger partial charge is 0.221 e. The SMILES string of the molecule is CCOc1cc(-c2cc(C)c3c(NC(C)=O)ccc(OC)c3n2)ccc1O. The number of carbonyl (C=O) groups is 1. The molecule has 3 rings (SSSR count). The van der Waals surface area contributed by atoms with Gasteiger partial charge in [0.1, 0.15) is 11.3 Å². The highest BCUT2D eigenvalue weighted by Crippen LogP contribution is 2.37. The van der Waals surface area contributed by atoms with Crippen molar-refractivity contribution in [3.8, 4) is 28.5 Å². The first-order valence-electron chi connectivity index (χ1n) is 8.66. The van der Waals surface area contributed by atoms with Crippen LogP contribution in [0.3, 0.4) is 0 Å². The van der Waals surface area contributed by atoms with Gasteiger partial charge in [0, 0.05) is 17.9 Å². The number of phenols is 1. The Kier molecular flexibility index (Phi) is 5.16. The van der Waals surface area contributed by atoms with Crippen molar-refractivity contribution in [2.24, 2.45) is 0 Å². The number of pyridine rings is 1. The molecule has 2 aromatic carbocycles. The van der Waals surface area contributed by atoms with E-state index in [1.165, 1.54) is 6.92 Å². The summed E-state index contributed by atoms with van der Waals surface area (Å²) in [5, 5.41) is 13.6. The fourth-order valence-electron chi connectivity index (χ4n) is 3.06. The molecule has 0 unspecified atom stereocenters. The van der Waals surface area contributed by atoms with Gasteiger partial charge < -0.3 is 19.9 Å². The Bertz CT molecular complexity index is 1010. The van der Waals surface area contributed by atoms with Gasteiger partial charge >= 0.3 is 0 Å². The zero-order valence-corrected chi connectivity index (χ0v) is 15.8. The molecule has 27 heavy (non-hydrogen) atoms. The lowest BCUT2D eigenvalue weighted by Crippen LogP contribution is -2.07. The van der Waals surface area contributed by atoms with Crippen LogP contribution in [0.5, 0.6) is 17.2 Å². The Morgan fingerprint density at radius 3 is 2.63 bits per heavy atom. The van der Waals surface area contributed by atoms with Crippen LogP contribution in [0.1, 0.15) is 19.4 Å². The van der Waals surface area contributed by atoms with Crippen molar-refractivity contribution in [3.63, 3.8) is 0 Å². The zero-order chi connectivity index (χ0) is 19.6. The lowest BCUT2D eigenvalue weighted by molar-refractivity contribution is -0.114. The summed E-state index contributed by atoms with van der Waals surface area (Å²) in [7, 11) is 1.59. The monoisotopic (exact) mass is 366 g/mol. The van der Waals surface area contributed by atoms with Crippen LogP contribution >= 0.6 is 0 Å². The molecule has 0 saturated heterocycles. The van der Waals surface area contributed by atoms with Crippen LogP contribution in [-0.4, -0.2) is 29.7 Å². The average Bonchev–Trinajstić information content (AvgIpc) is 2.63. The number of aromatic hydroxyl groups is 1. The standard InChI is InChI=1S/C21H22N2O4/c1-5-27-19-11-14(6-8-17(19)25)16-10-12(2)20-15(22-13(3)24)7-9-18(26-4)21(20)23-16/h6-11,25H,5H2,1-4H3,(H,22,24). The maximum absolute atomic E-state index is 11.5. The third kappa shape index (κ3) is 3.65. The first-order chi connectivity index (χ1) is 12.9. The van der Waals surface area contributed by atoms with Gasteiger partial charge in [-0.2, -0.15) is 0 Å². The van der Waals surface area contributed by atoms with Gasteiger partial charge in [0.2, 0.25) is 5.91 Å². The molecule has 1 aromatic heterocycles. The van der Waals surface area contributed by atoms with Gasteiger partial charge in [0.05, 0.1) is 25.1 Å². The number of aryl methyl sites for hydroxylation is 1. The van der Waals surface area contributed by atoms with E-state index in [1.807, 2.05) is 26.0 Å². The van der Waals surface area contributed by atoms with Gasteiger partial charge in [-0.25, -0.2) is 4.98 Å². The van der Waals surface area contributed by atoms with Crippen molar-refractivity contribution in [2.45, 2.75) is 20.8 Å². The second kappa shape index (κ2) is 7.53. The lowest BCUT2D eigenvalue weighted by Gasteiger charge is -2.15. The van der Waals surface area contributed by atoms with Crippen LogP contribution in [0.4, 0.5) is 5.69 Å². The van der Waals surface area contributed by atoms with E-state index in [0.29, 0.717) is 29.3 Å². The van der Waals surface area contributed by atoms with Crippen molar-refractivity contribution < 1.29 is 19.4 Å². The summed E-state index contributed by atoms with van der Waals surface area (Å²) in [5.41, 5.74) is 3.83. The number of aromatic nitrogens is 1. The lowest BCUT2D eigenvalue weighted by atomic mass is 10.0. The molecule has 0 aliphatic carbocycles. The normalized spacial score (nSPS) is 10.7. The molecule has 0 atom stereocenters. The third-order valence-corrected chi connectivity index (χ3v) is 4.21. The number of ether oxygens (including phenoxy) is 2. The summed E-state index contributed by atoms with van der Waals surface area (Å²) >= 11 is 0. The Morgan fingerprint density at radius 2 is 1.96 bits per heavy atom. The Hall–Kier alpha value is -3.28. The number of hydrogen-bond acceptors (Lipinski definition) is 5. The van der Waals surface area contributed by atoms with Crippen molar-refractivity contribution in [2.75, 3.05) is 19.0 Å². The Labute approximate surface area is 157 Å². The number of nitrogens with one attached hydrogen (secondary N) is 1. The molecule has 1 heterocycles. The fourth-order valence-corrected chi connectivity index (χ4v) is 3.06. The summed E-state index contributed by atoms with van der Waals surface area (Å²) in [4.78, 5) is 16.3. The molecule has 0 bridgehead atoms. The van der Waals surface area contributed by atoms with Crippen LogP contribution in [0.2, 0.25) is 0 Å². The van der Waals surface area contributed by atoms with Gasteiger partial charge in [-0.15, -0.1) is 0 Å². The van der Waals surface area contributed by atoms with E-state index in [2.05, 4.69) is 5.32 Å². The van der Waals surface area contributed by atoms with E-state index in [9.17, 15) is 9.90 Å². The summed E-state index contributed by atoms with van der Waals surface area (Å²) in [6.07, 6.45) is 0. The van der Waals surface area contributed by atoms with Gasteiger partial charge in [0.25, 0.3) is 0 Å². The summed E-state index contributed by atoms with van der Waals surface area (Å²) in [6.45, 7) is 5.75. The van der Waals surface area contributed by atoms with E-state index in [-0.39, 0.29) is 11.7 Å². The summed E-state index contributed by atoms with van der Waals surface area (Å²) in [6, 6.07) is 10.7.